The van der Waals surface area contributed by atoms with Crippen LogP contribution >= 0.6 is 0 Å². The molecule has 0 bridgehead atoms. The fourth-order valence-corrected chi connectivity index (χ4v) is 3.01. The number of carbonyl (C=O) groups excluding carboxylic acids is 1. The molecule has 0 saturated carbocycles. The molecule has 1 amide bonds. The Morgan fingerprint density at radius 2 is 1.96 bits per heavy atom. The number of rotatable bonds is 8. The fraction of sp³-hybridized carbons (Fsp3) is 0.588. The van der Waals surface area contributed by atoms with Crippen LogP contribution in [0.5, 0.6) is 0 Å². The minimum absolute atomic E-state index is 0.00768. The maximum absolute atomic E-state index is 12.2. The molecule has 1 aliphatic rings. The number of likely N-dealkylation sites (N-methyl/N-ethyl adjacent to an activating group) is 1. The summed E-state index contributed by atoms with van der Waals surface area (Å²) in [6.07, 6.45) is 2.09. The van der Waals surface area contributed by atoms with E-state index in [0.717, 1.165) is 45.6 Å². The minimum Gasteiger partial charge on any atom is -0.366 e. The molecule has 24 heavy (non-hydrogen) atoms. The van der Waals surface area contributed by atoms with E-state index >= 15 is 0 Å². The standard InChI is InChI=1S/C17H26N4O3/c1-3-19(4-2)12-9-18-17(22)14-7-8-15(16(13-14)21(23)24)20-10-5-6-11-20/h7-8,13H,3-6,9-12H2,1-2H3,(H,18,22). The number of carbonyl (C=O) groups is 1. The molecule has 1 aromatic rings. The van der Waals surface area contributed by atoms with Crippen LogP contribution in [-0.2, 0) is 0 Å². The number of hydrogen-bond donors (Lipinski definition) is 1. The smallest absolute Gasteiger partial charge is 0.293 e. The molecular weight excluding hydrogens is 308 g/mol. The molecule has 1 aromatic carbocycles. The van der Waals surface area contributed by atoms with Gasteiger partial charge in [0.2, 0.25) is 0 Å². The molecule has 1 fully saturated rings. The van der Waals surface area contributed by atoms with Crippen molar-refractivity contribution in [1.29, 1.82) is 0 Å². The summed E-state index contributed by atoms with van der Waals surface area (Å²) in [5.41, 5.74) is 0.953. The van der Waals surface area contributed by atoms with Crippen molar-refractivity contribution in [2.24, 2.45) is 0 Å². The highest BCUT2D eigenvalue weighted by molar-refractivity contribution is 5.95. The lowest BCUT2D eigenvalue weighted by Crippen LogP contribution is -2.34. The van der Waals surface area contributed by atoms with Gasteiger partial charge < -0.3 is 15.1 Å². The monoisotopic (exact) mass is 334 g/mol. The van der Waals surface area contributed by atoms with E-state index in [-0.39, 0.29) is 11.6 Å². The van der Waals surface area contributed by atoms with Crippen molar-refractivity contribution >= 4 is 17.3 Å². The van der Waals surface area contributed by atoms with Crippen LogP contribution < -0.4 is 10.2 Å². The summed E-state index contributed by atoms with van der Waals surface area (Å²) >= 11 is 0. The molecule has 0 unspecified atom stereocenters. The van der Waals surface area contributed by atoms with Gasteiger partial charge >= 0.3 is 0 Å². The van der Waals surface area contributed by atoms with Gasteiger partial charge in [-0.2, -0.15) is 0 Å². The van der Waals surface area contributed by atoms with Crippen molar-refractivity contribution in [3.8, 4) is 0 Å². The molecule has 0 radical (unpaired) electrons. The van der Waals surface area contributed by atoms with E-state index in [1.165, 1.54) is 6.07 Å². The highest BCUT2D eigenvalue weighted by atomic mass is 16.6. The highest BCUT2D eigenvalue weighted by Crippen LogP contribution is 2.31. The predicted octanol–water partition coefficient (Wildman–Crippen LogP) is 2.27. The molecule has 0 aromatic heterocycles. The fourth-order valence-electron chi connectivity index (χ4n) is 3.01. The second-order valence-electron chi connectivity index (χ2n) is 5.94. The third kappa shape index (κ3) is 4.44. The van der Waals surface area contributed by atoms with E-state index in [1.807, 2.05) is 4.90 Å². The Hall–Kier alpha value is -2.15. The molecule has 132 valence electrons. The molecule has 1 aliphatic heterocycles. The zero-order valence-corrected chi connectivity index (χ0v) is 14.5. The van der Waals surface area contributed by atoms with Gasteiger partial charge in [-0.3, -0.25) is 14.9 Å². The number of hydrogen-bond acceptors (Lipinski definition) is 5. The number of amides is 1. The van der Waals surface area contributed by atoms with Crippen molar-refractivity contribution in [2.45, 2.75) is 26.7 Å². The minimum atomic E-state index is -0.402. The Bertz CT molecular complexity index is 581. The summed E-state index contributed by atoms with van der Waals surface area (Å²) in [7, 11) is 0. The van der Waals surface area contributed by atoms with Gasteiger partial charge in [-0.25, -0.2) is 0 Å². The summed E-state index contributed by atoms with van der Waals surface area (Å²) in [6, 6.07) is 4.76. The lowest BCUT2D eigenvalue weighted by atomic mass is 10.1. The number of nitrogens with one attached hydrogen (secondary N) is 1. The van der Waals surface area contributed by atoms with E-state index in [2.05, 4.69) is 24.1 Å². The maximum Gasteiger partial charge on any atom is 0.293 e. The molecular formula is C17H26N4O3. The largest absolute Gasteiger partial charge is 0.366 e. The molecule has 1 saturated heterocycles. The van der Waals surface area contributed by atoms with Crippen molar-refractivity contribution in [2.75, 3.05) is 44.2 Å². The molecule has 1 heterocycles. The zero-order chi connectivity index (χ0) is 17.5. The average molecular weight is 334 g/mol. The van der Waals surface area contributed by atoms with Crippen molar-refractivity contribution in [1.82, 2.24) is 10.2 Å². The zero-order valence-electron chi connectivity index (χ0n) is 14.5. The molecule has 2 rings (SSSR count). The van der Waals surface area contributed by atoms with Gasteiger partial charge in [0.1, 0.15) is 5.69 Å². The van der Waals surface area contributed by atoms with Gasteiger partial charge in [0, 0.05) is 37.8 Å². The molecule has 7 heteroatoms. The molecule has 0 spiro atoms. The lowest BCUT2D eigenvalue weighted by molar-refractivity contribution is -0.384. The van der Waals surface area contributed by atoms with E-state index in [9.17, 15) is 14.9 Å². The van der Waals surface area contributed by atoms with Crippen LogP contribution in [0.2, 0.25) is 0 Å². The van der Waals surface area contributed by atoms with Crippen LogP contribution in [0.4, 0.5) is 11.4 Å². The van der Waals surface area contributed by atoms with Crippen LogP contribution in [-0.4, -0.2) is 55.0 Å². The first-order valence-corrected chi connectivity index (χ1v) is 8.60. The van der Waals surface area contributed by atoms with Crippen LogP contribution in [0, 0.1) is 10.1 Å². The van der Waals surface area contributed by atoms with Gasteiger partial charge in [-0.1, -0.05) is 13.8 Å². The molecule has 1 N–H and O–H groups in total. The Labute approximate surface area is 142 Å². The van der Waals surface area contributed by atoms with E-state index < -0.39 is 4.92 Å². The third-order valence-corrected chi connectivity index (χ3v) is 4.49. The summed E-state index contributed by atoms with van der Waals surface area (Å²) < 4.78 is 0. The van der Waals surface area contributed by atoms with Gasteiger partial charge in [0.05, 0.1) is 4.92 Å². The Morgan fingerprint density at radius 3 is 2.54 bits per heavy atom. The van der Waals surface area contributed by atoms with Crippen LogP contribution in [0.15, 0.2) is 18.2 Å². The Balaban J connectivity index is 2.06. The first-order chi connectivity index (χ1) is 11.6. The maximum atomic E-state index is 12.2. The number of nitro benzene ring substituents is 1. The molecule has 0 aliphatic carbocycles. The van der Waals surface area contributed by atoms with Gasteiger partial charge in [-0.05, 0) is 38.1 Å². The van der Waals surface area contributed by atoms with Gasteiger partial charge in [0.15, 0.2) is 0 Å². The predicted molar refractivity (Wildman–Crippen MR) is 94.7 cm³/mol. The molecule has 0 atom stereocenters. The first kappa shape index (κ1) is 18.2. The average Bonchev–Trinajstić information content (AvgIpc) is 3.12. The van der Waals surface area contributed by atoms with Crippen molar-refractivity contribution in [3.63, 3.8) is 0 Å². The normalized spacial score (nSPS) is 14.2. The summed E-state index contributed by atoms with van der Waals surface area (Å²) in [5.74, 6) is -0.266. The number of benzene rings is 1. The first-order valence-electron chi connectivity index (χ1n) is 8.60. The summed E-state index contributed by atoms with van der Waals surface area (Å²) in [4.78, 5) is 27.4. The van der Waals surface area contributed by atoms with E-state index in [1.54, 1.807) is 12.1 Å². The quantitative estimate of drug-likeness (QED) is 0.583. The van der Waals surface area contributed by atoms with Gasteiger partial charge in [-0.15, -0.1) is 0 Å². The second-order valence-corrected chi connectivity index (χ2v) is 5.94. The van der Waals surface area contributed by atoms with Crippen LogP contribution in [0.25, 0.3) is 0 Å². The molecule has 7 nitrogen and oxygen atoms in total. The number of nitrogens with zero attached hydrogens (tertiary/aromatic N) is 3. The lowest BCUT2D eigenvalue weighted by Gasteiger charge is -2.19. The van der Waals surface area contributed by atoms with Crippen LogP contribution in [0.1, 0.15) is 37.0 Å². The Kier molecular flexibility index (Phi) is 6.54. The summed E-state index contributed by atoms with van der Waals surface area (Å²) in [6.45, 7) is 8.98. The topological polar surface area (TPSA) is 78.7 Å². The second kappa shape index (κ2) is 8.63. The van der Waals surface area contributed by atoms with E-state index in [4.69, 9.17) is 0 Å². The van der Waals surface area contributed by atoms with Crippen molar-refractivity contribution in [3.05, 3.63) is 33.9 Å². The van der Waals surface area contributed by atoms with Crippen molar-refractivity contribution < 1.29 is 9.72 Å². The van der Waals surface area contributed by atoms with Gasteiger partial charge in [0.25, 0.3) is 11.6 Å². The third-order valence-electron chi connectivity index (χ3n) is 4.49. The Morgan fingerprint density at radius 1 is 1.29 bits per heavy atom. The SMILES string of the molecule is CCN(CC)CCNC(=O)c1ccc(N2CCCC2)c([N+](=O)[O-])c1. The van der Waals surface area contributed by atoms with E-state index in [0.29, 0.717) is 17.8 Å². The number of nitro groups is 1. The number of anilines is 1. The van der Waals surface area contributed by atoms with Crippen LogP contribution in [0.3, 0.4) is 0 Å². The summed E-state index contributed by atoms with van der Waals surface area (Å²) in [5, 5.41) is 14.2. The highest BCUT2D eigenvalue weighted by Gasteiger charge is 2.23.